The van der Waals surface area contributed by atoms with Gasteiger partial charge >= 0.3 is 0 Å². The summed E-state index contributed by atoms with van der Waals surface area (Å²) in [6.45, 7) is 4.40. The van der Waals surface area contributed by atoms with Crippen molar-refractivity contribution in [2.24, 2.45) is 5.41 Å². The quantitative estimate of drug-likeness (QED) is 0.893. The van der Waals surface area contributed by atoms with Crippen LogP contribution >= 0.6 is 0 Å². The van der Waals surface area contributed by atoms with Gasteiger partial charge in [0.25, 0.3) is 0 Å². The molecule has 1 aromatic rings. The number of ether oxygens (including phenoxy) is 1. The van der Waals surface area contributed by atoms with Gasteiger partial charge in [-0.2, -0.15) is 0 Å². The van der Waals surface area contributed by atoms with Crippen LogP contribution in [0.15, 0.2) is 24.3 Å². The first-order chi connectivity index (χ1) is 9.12. The molecule has 2 atom stereocenters. The Labute approximate surface area is 115 Å². The maximum atomic E-state index is 10.1. The van der Waals surface area contributed by atoms with Crippen LogP contribution in [0.5, 0.6) is 5.75 Å². The molecule has 2 aliphatic rings. The first-order valence-corrected chi connectivity index (χ1v) is 7.56. The summed E-state index contributed by atoms with van der Waals surface area (Å²) >= 11 is 0. The predicted molar refractivity (Wildman–Crippen MR) is 76.5 cm³/mol. The summed E-state index contributed by atoms with van der Waals surface area (Å²) in [5.41, 5.74) is 1.41. The van der Waals surface area contributed by atoms with E-state index in [1.54, 1.807) is 0 Å². The highest BCUT2D eigenvalue weighted by molar-refractivity contribution is 5.29. The van der Waals surface area contributed by atoms with E-state index in [1.807, 2.05) is 0 Å². The number of benzene rings is 1. The Hall–Kier alpha value is -1.02. The van der Waals surface area contributed by atoms with Gasteiger partial charge < -0.3 is 9.84 Å². The monoisotopic (exact) mass is 260 g/mol. The van der Waals surface area contributed by atoms with Gasteiger partial charge in [0.15, 0.2) is 0 Å². The molecular weight excluding hydrogens is 236 g/mol. The van der Waals surface area contributed by atoms with Crippen molar-refractivity contribution in [1.82, 2.24) is 0 Å². The van der Waals surface area contributed by atoms with E-state index in [1.165, 1.54) is 18.4 Å². The van der Waals surface area contributed by atoms with Crippen LogP contribution < -0.4 is 4.74 Å². The zero-order valence-corrected chi connectivity index (χ0v) is 11.9. The lowest BCUT2D eigenvalue weighted by molar-refractivity contribution is -0.151. The molecule has 2 heteroatoms. The lowest BCUT2D eigenvalue weighted by Crippen LogP contribution is -2.58. The molecule has 2 unspecified atom stereocenters. The third-order valence-electron chi connectivity index (χ3n) is 5.10. The maximum Gasteiger partial charge on any atom is 0.119 e. The fourth-order valence-corrected chi connectivity index (χ4v) is 3.68. The van der Waals surface area contributed by atoms with E-state index >= 15 is 0 Å². The molecule has 104 valence electrons. The molecule has 0 heterocycles. The highest BCUT2D eigenvalue weighted by atomic mass is 16.5. The molecule has 1 N–H and O–H groups in total. The molecule has 0 bridgehead atoms. The largest absolute Gasteiger partial charge is 0.490 e. The molecule has 3 rings (SSSR count). The fourth-order valence-electron chi connectivity index (χ4n) is 3.68. The lowest BCUT2D eigenvalue weighted by Gasteiger charge is -2.51. The van der Waals surface area contributed by atoms with Gasteiger partial charge in [0.05, 0.1) is 6.10 Å². The van der Waals surface area contributed by atoms with Gasteiger partial charge in [0.2, 0.25) is 0 Å². The second-order valence-electron chi connectivity index (χ2n) is 6.52. The van der Waals surface area contributed by atoms with Crippen molar-refractivity contribution in [3.05, 3.63) is 29.8 Å². The van der Waals surface area contributed by atoms with Crippen LogP contribution in [-0.4, -0.2) is 17.3 Å². The molecule has 1 aromatic carbocycles. The van der Waals surface area contributed by atoms with Crippen molar-refractivity contribution in [3.63, 3.8) is 0 Å². The summed E-state index contributed by atoms with van der Waals surface area (Å²) in [6.07, 6.45) is 5.61. The number of aliphatic hydroxyl groups is 1. The molecule has 0 amide bonds. The van der Waals surface area contributed by atoms with Crippen LogP contribution in [0.4, 0.5) is 0 Å². The standard InChI is InChI=1S/C17H24O2/c1-12(2)13-5-7-14(8-6-13)19-16-11-15(18)17(16)9-3-4-10-17/h5-8,12,15-16,18H,3-4,9-11H2,1-2H3. The number of aliphatic hydroxyl groups excluding tert-OH is 1. The van der Waals surface area contributed by atoms with E-state index < -0.39 is 0 Å². The first-order valence-electron chi connectivity index (χ1n) is 7.56. The molecule has 0 radical (unpaired) electrons. The second-order valence-corrected chi connectivity index (χ2v) is 6.52. The van der Waals surface area contributed by atoms with E-state index in [9.17, 15) is 5.11 Å². The lowest BCUT2D eigenvalue weighted by atomic mass is 9.62. The summed E-state index contributed by atoms with van der Waals surface area (Å²) in [5, 5.41) is 10.1. The predicted octanol–water partition coefficient (Wildman–Crippen LogP) is 3.88. The third kappa shape index (κ3) is 2.16. The van der Waals surface area contributed by atoms with Gasteiger partial charge in [-0.15, -0.1) is 0 Å². The Morgan fingerprint density at radius 1 is 1.16 bits per heavy atom. The third-order valence-corrected chi connectivity index (χ3v) is 5.10. The Bertz CT molecular complexity index is 429. The van der Waals surface area contributed by atoms with E-state index in [0.717, 1.165) is 25.0 Å². The molecule has 2 nitrogen and oxygen atoms in total. The normalized spacial score (nSPS) is 28.6. The number of rotatable bonds is 3. The van der Waals surface area contributed by atoms with Gasteiger partial charge in [-0.25, -0.2) is 0 Å². The molecule has 2 fully saturated rings. The zero-order chi connectivity index (χ0) is 13.5. The average Bonchev–Trinajstić information content (AvgIpc) is 2.91. The smallest absolute Gasteiger partial charge is 0.119 e. The molecule has 0 saturated heterocycles. The Morgan fingerprint density at radius 2 is 1.79 bits per heavy atom. The van der Waals surface area contributed by atoms with Crippen LogP contribution in [-0.2, 0) is 0 Å². The fraction of sp³-hybridized carbons (Fsp3) is 0.647. The summed E-state index contributed by atoms with van der Waals surface area (Å²) in [4.78, 5) is 0. The minimum atomic E-state index is -0.144. The van der Waals surface area contributed by atoms with Gasteiger partial charge in [0, 0.05) is 11.8 Å². The molecule has 1 spiro atoms. The molecular formula is C17H24O2. The summed E-state index contributed by atoms with van der Waals surface area (Å²) < 4.78 is 6.13. The van der Waals surface area contributed by atoms with Crippen molar-refractivity contribution in [1.29, 1.82) is 0 Å². The average molecular weight is 260 g/mol. The highest BCUT2D eigenvalue weighted by Gasteiger charge is 2.57. The maximum absolute atomic E-state index is 10.1. The molecule has 0 aliphatic heterocycles. The Balaban J connectivity index is 1.68. The summed E-state index contributed by atoms with van der Waals surface area (Å²) in [5.74, 6) is 1.51. The van der Waals surface area contributed by atoms with E-state index in [-0.39, 0.29) is 17.6 Å². The van der Waals surface area contributed by atoms with Gasteiger partial charge in [-0.3, -0.25) is 0 Å². The molecule has 0 aromatic heterocycles. The Morgan fingerprint density at radius 3 is 2.32 bits per heavy atom. The van der Waals surface area contributed by atoms with Crippen molar-refractivity contribution < 1.29 is 9.84 Å². The van der Waals surface area contributed by atoms with Crippen LogP contribution in [0.25, 0.3) is 0 Å². The van der Waals surface area contributed by atoms with Crippen LogP contribution in [0.1, 0.15) is 57.4 Å². The van der Waals surface area contributed by atoms with Crippen LogP contribution in [0.3, 0.4) is 0 Å². The van der Waals surface area contributed by atoms with Crippen molar-refractivity contribution in [2.75, 3.05) is 0 Å². The van der Waals surface area contributed by atoms with E-state index in [2.05, 4.69) is 38.1 Å². The van der Waals surface area contributed by atoms with E-state index in [4.69, 9.17) is 4.74 Å². The van der Waals surface area contributed by atoms with Crippen molar-refractivity contribution in [3.8, 4) is 5.75 Å². The molecule has 2 aliphatic carbocycles. The first kappa shape index (κ1) is 13.0. The number of hydrogen-bond donors (Lipinski definition) is 1. The van der Waals surface area contributed by atoms with Gasteiger partial charge in [0.1, 0.15) is 11.9 Å². The molecule has 2 saturated carbocycles. The highest BCUT2D eigenvalue weighted by Crippen LogP contribution is 2.54. The SMILES string of the molecule is CC(C)c1ccc(OC2CC(O)C23CCCC3)cc1. The van der Waals surface area contributed by atoms with Crippen molar-refractivity contribution in [2.45, 2.75) is 64.1 Å². The number of hydrogen-bond acceptors (Lipinski definition) is 2. The summed E-state index contributed by atoms with van der Waals surface area (Å²) in [6, 6.07) is 8.44. The van der Waals surface area contributed by atoms with Crippen molar-refractivity contribution >= 4 is 0 Å². The minimum absolute atomic E-state index is 0.0662. The minimum Gasteiger partial charge on any atom is -0.490 e. The Kier molecular flexibility index (Phi) is 3.30. The van der Waals surface area contributed by atoms with E-state index in [0.29, 0.717) is 5.92 Å². The topological polar surface area (TPSA) is 29.5 Å². The van der Waals surface area contributed by atoms with Crippen LogP contribution in [0, 0.1) is 5.41 Å². The second kappa shape index (κ2) is 4.82. The molecule has 19 heavy (non-hydrogen) atoms. The van der Waals surface area contributed by atoms with Gasteiger partial charge in [-0.05, 0) is 36.5 Å². The van der Waals surface area contributed by atoms with Crippen LogP contribution in [0.2, 0.25) is 0 Å². The summed E-state index contributed by atoms with van der Waals surface area (Å²) in [7, 11) is 0. The van der Waals surface area contributed by atoms with Gasteiger partial charge in [-0.1, -0.05) is 38.8 Å². The zero-order valence-electron chi connectivity index (χ0n) is 11.9.